The van der Waals surface area contributed by atoms with E-state index in [9.17, 15) is 4.79 Å². The van der Waals surface area contributed by atoms with Gasteiger partial charge in [-0.3, -0.25) is 9.69 Å². The average Bonchev–Trinajstić information content (AvgIpc) is 3.31. The number of rotatable bonds is 9. The zero-order valence-electron chi connectivity index (χ0n) is 13.6. The first-order chi connectivity index (χ1) is 10.2. The molecule has 0 radical (unpaired) electrons. The summed E-state index contributed by atoms with van der Waals surface area (Å²) in [6.45, 7) is 8.48. The van der Waals surface area contributed by atoms with Gasteiger partial charge < -0.3 is 15.0 Å². The summed E-state index contributed by atoms with van der Waals surface area (Å²) >= 11 is 0. The molecule has 122 valence electrons. The Bertz CT molecular complexity index is 313. The number of carbonyl (C=O) groups is 1. The molecule has 2 rings (SSSR count). The molecule has 0 unspecified atom stereocenters. The topological polar surface area (TPSA) is 44.8 Å². The van der Waals surface area contributed by atoms with Crippen molar-refractivity contribution in [3.05, 3.63) is 0 Å². The molecule has 1 aliphatic carbocycles. The van der Waals surface area contributed by atoms with Gasteiger partial charge in [0.15, 0.2) is 0 Å². The van der Waals surface area contributed by atoms with Crippen LogP contribution in [0.3, 0.4) is 0 Å². The summed E-state index contributed by atoms with van der Waals surface area (Å²) in [7, 11) is 1.73. The van der Waals surface area contributed by atoms with E-state index in [1.54, 1.807) is 7.11 Å². The molecule has 5 nitrogen and oxygen atoms in total. The molecule has 0 spiro atoms. The van der Waals surface area contributed by atoms with Crippen LogP contribution in [0.25, 0.3) is 0 Å². The Morgan fingerprint density at radius 3 is 2.57 bits per heavy atom. The van der Waals surface area contributed by atoms with Crippen molar-refractivity contribution >= 4 is 5.91 Å². The third-order valence-corrected chi connectivity index (χ3v) is 4.63. The summed E-state index contributed by atoms with van der Waals surface area (Å²) in [5.41, 5.74) is 0. The first kappa shape index (κ1) is 16.7. The first-order valence-corrected chi connectivity index (χ1v) is 8.46. The third kappa shape index (κ3) is 5.57. The molecule has 21 heavy (non-hydrogen) atoms. The molecule has 5 heteroatoms. The van der Waals surface area contributed by atoms with Gasteiger partial charge in [-0.25, -0.2) is 0 Å². The Balaban J connectivity index is 1.61. The lowest BCUT2D eigenvalue weighted by Gasteiger charge is -2.33. The first-order valence-electron chi connectivity index (χ1n) is 8.46. The Kier molecular flexibility index (Phi) is 6.93. The second-order valence-corrected chi connectivity index (χ2v) is 6.33. The van der Waals surface area contributed by atoms with Crippen molar-refractivity contribution in [3.8, 4) is 0 Å². The second-order valence-electron chi connectivity index (χ2n) is 6.33. The van der Waals surface area contributed by atoms with Crippen molar-refractivity contribution in [1.82, 2.24) is 15.1 Å². The van der Waals surface area contributed by atoms with Crippen LogP contribution in [0.4, 0.5) is 0 Å². The Morgan fingerprint density at radius 1 is 1.29 bits per heavy atom. The molecule has 1 aliphatic heterocycles. The fourth-order valence-corrected chi connectivity index (χ4v) is 3.14. The molecular formula is C16H31N3O2. The lowest BCUT2D eigenvalue weighted by molar-refractivity contribution is -0.133. The van der Waals surface area contributed by atoms with Crippen molar-refractivity contribution in [2.24, 2.45) is 5.92 Å². The van der Waals surface area contributed by atoms with Gasteiger partial charge in [0.2, 0.25) is 5.91 Å². The lowest BCUT2D eigenvalue weighted by Crippen LogP contribution is -2.45. The average molecular weight is 297 g/mol. The number of likely N-dealkylation sites (N-methyl/N-ethyl adjacent to an activating group) is 1. The second kappa shape index (κ2) is 8.71. The minimum absolute atomic E-state index is 0.330. The van der Waals surface area contributed by atoms with Gasteiger partial charge in [0.05, 0.1) is 13.2 Å². The molecule has 1 N–H and O–H groups in total. The highest BCUT2D eigenvalue weighted by molar-refractivity contribution is 5.78. The number of nitrogens with one attached hydrogen (secondary N) is 1. The standard InChI is InChI=1S/C16H31N3O2/c1-3-19(15-4-5-15)16(20)13-18-9-6-14(7-10-18)12-17-8-11-21-2/h14-15,17H,3-13H2,1-2H3. The van der Waals surface area contributed by atoms with Crippen LogP contribution in [0, 0.1) is 5.92 Å². The molecule has 0 aromatic heterocycles. The smallest absolute Gasteiger partial charge is 0.236 e. The van der Waals surface area contributed by atoms with Gasteiger partial charge in [-0.1, -0.05) is 0 Å². The van der Waals surface area contributed by atoms with Gasteiger partial charge in [0, 0.05) is 26.2 Å². The highest BCUT2D eigenvalue weighted by atomic mass is 16.5. The molecule has 0 atom stereocenters. The SMILES string of the molecule is CCN(C(=O)CN1CCC(CNCCOC)CC1)C1CC1. The van der Waals surface area contributed by atoms with Crippen LogP contribution in [-0.2, 0) is 9.53 Å². The maximum absolute atomic E-state index is 12.3. The van der Waals surface area contributed by atoms with Crippen LogP contribution >= 0.6 is 0 Å². The number of methoxy groups -OCH3 is 1. The van der Waals surface area contributed by atoms with Crippen molar-refractivity contribution in [2.75, 3.05) is 53.0 Å². The number of nitrogens with zero attached hydrogens (tertiary/aromatic N) is 2. The molecular weight excluding hydrogens is 266 g/mol. The number of piperidine rings is 1. The van der Waals surface area contributed by atoms with Crippen molar-refractivity contribution < 1.29 is 9.53 Å². The van der Waals surface area contributed by atoms with Gasteiger partial charge in [0.1, 0.15) is 0 Å². The van der Waals surface area contributed by atoms with Gasteiger partial charge in [0.25, 0.3) is 0 Å². The quantitative estimate of drug-likeness (QED) is 0.644. The molecule has 0 bridgehead atoms. The summed E-state index contributed by atoms with van der Waals surface area (Å²) in [4.78, 5) is 16.7. The van der Waals surface area contributed by atoms with Crippen LogP contribution in [0.5, 0.6) is 0 Å². The number of hydrogen-bond donors (Lipinski definition) is 1. The minimum atomic E-state index is 0.330. The lowest BCUT2D eigenvalue weighted by atomic mass is 9.97. The van der Waals surface area contributed by atoms with E-state index < -0.39 is 0 Å². The normalized spacial score (nSPS) is 20.7. The monoisotopic (exact) mass is 297 g/mol. The molecule has 1 heterocycles. The number of ether oxygens (including phenoxy) is 1. The van der Waals surface area contributed by atoms with Crippen molar-refractivity contribution in [3.63, 3.8) is 0 Å². The molecule has 1 saturated heterocycles. The summed E-state index contributed by atoms with van der Waals surface area (Å²) in [5, 5.41) is 3.44. The summed E-state index contributed by atoms with van der Waals surface area (Å²) in [6, 6.07) is 0.546. The van der Waals surface area contributed by atoms with E-state index in [1.807, 2.05) is 0 Å². The van der Waals surface area contributed by atoms with Gasteiger partial charge in [-0.05, 0) is 58.2 Å². The van der Waals surface area contributed by atoms with E-state index >= 15 is 0 Å². The maximum Gasteiger partial charge on any atom is 0.236 e. The molecule has 2 aliphatic rings. The third-order valence-electron chi connectivity index (χ3n) is 4.63. The predicted molar refractivity (Wildman–Crippen MR) is 84.3 cm³/mol. The van der Waals surface area contributed by atoms with Crippen molar-refractivity contribution in [2.45, 2.75) is 38.6 Å². The fourth-order valence-electron chi connectivity index (χ4n) is 3.14. The summed E-state index contributed by atoms with van der Waals surface area (Å²) < 4.78 is 5.04. The minimum Gasteiger partial charge on any atom is -0.383 e. The van der Waals surface area contributed by atoms with Crippen LogP contribution in [0.15, 0.2) is 0 Å². The van der Waals surface area contributed by atoms with Crippen molar-refractivity contribution in [1.29, 1.82) is 0 Å². The highest BCUT2D eigenvalue weighted by Gasteiger charge is 2.32. The highest BCUT2D eigenvalue weighted by Crippen LogP contribution is 2.27. The molecule has 0 aromatic carbocycles. The number of likely N-dealkylation sites (tertiary alicyclic amines) is 1. The summed E-state index contributed by atoms with van der Waals surface area (Å²) in [5.74, 6) is 1.08. The maximum atomic E-state index is 12.3. The number of amides is 1. The van der Waals surface area contributed by atoms with Gasteiger partial charge in [-0.15, -0.1) is 0 Å². The fraction of sp³-hybridized carbons (Fsp3) is 0.938. The Morgan fingerprint density at radius 2 is 2.00 bits per heavy atom. The number of carbonyl (C=O) groups excluding carboxylic acids is 1. The van der Waals surface area contributed by atoms with Crippen LogP contribution in [0.1, 0.15) is 32.6 Å². The van der Waals surface area contributed by atoms with E-state index in [0.717, 1.165) is 45.2 Å². The molecule has 0 aromatic rings. The van der Waals surface area contributed by atoms with Gasteiger partial charge >= 0.3 is 0 Å². The van der Waals surface area contributed by atoms with E-state index in [2.05, 4.69) is 22.0 Å². The van der Waals surface area contributed by atoms with E-state index in [1.165, 1.54) is 25.7 Å². The number of hydrogen-bond acceptors (Lipinski definition) is 4. The molecule has 2 fully saturated rings. The van der Waals surface area contributed by atoms with E-state index in [-0.39, 0.29) is 0 Å². The van der Waals surface area contributed by atoms with Crippen LogP contribution in [0.2, 0.25) is 0 Å². The summed E-state index contributed by atoms with van der Waals surface area (Å²) in [6.07, 6.45) is 4.80. The Hall–Kier alpha value is -0.650. The van der Waals surface area contributed by atoms with E-state index in [0.29, 0.717) is 18.5 Å². The van der Waals surface area contributed by atoms with Crippen LogP contribution in [-0.4, -0.2) is 74.7 Å². The largest absolute Gasteiger partial charge is 0.383 e. The zero-order chi connectivity index (χ0) is 15.1. The molecule has 1 amide bonds. The van der Waals surface area contributed by atoms with Crippen LogP contribution < -0.4 is 5.32 Å². The van der Waals surface area contributed by atoms with E-state index in [4.69, 9.17) is 4.74 Å². The predicted octanol–water partition coefficient (Wildman–Crippen LogP) is 0.945. The Labute approximate surface area is 129 Å². The zero-order valence-corrected chi connectivity index (χ0v) is 13.6. The van der Waals surface area contributed by atoms with Gasteiger partial charge in [-0.2, -0.15) is 0 Å². The molecule has 1 saturated carbocycles.